The molecule has 4 heteroatoms. The second kappa shape index (κ2) is 11.0. The fourth-order valence-electron chi connectivity index (χ4n) is 4.49. The van der Waals surface area contributed by atoms with Crippen LogP contribution in [0.2, 0.25) is 0 Å². The number of fused-ring (bicyclic) bond motifs is 1. The van der Waals surface area contributed by atoms with Crippen LogP contribution in [-0.2, 0) is 0 Å². The van der Waals surface area contributed by atoms with Gasteiger partial charge in [-0.3, -0.25) is 0 Å². The average molecular weight is 531 g/mol. The Labute approximate surface area is 213 Å². The molecule has 34 heavy (non-hydrogen) atoms. The van der Waals surface area contributed by atoms with Gasteiger partial charge in [-0.15, -0.1) is 0 Å². The van der Waals surface area contributed by atoms with Crippen LogP contribution in [0, 0.1) is 0 Å². The summed E-state index contributed by atoms with van der Waals surface area (Å²) in [5.41, 5.74) is 2.42. The molecule has 1 aliphatic rings. The number of halogens is 1. The first kappa shape index (κ1) is 24.3. The molecule has 4 aromatic rings. The molecule has 0 bridgehead atoms. The van der Waals surface area contributed by atoms with E-state index in [0.29, 0.717) is 13.2 Å². The largest absolute Gasteiger partial charge is 1.00 e. The molecule has 0 radical (unpaired) electrons. The molecule has 4 aromatic carbocycles. The summed E-state index contributed by atoms with van der Waals surface area (Å²) in [6.45, 7) is 3.41. The third kappa shape index (κ3) is 4.82. The molecule has 0 spiro atoms. The highest BCUT2D eigenvalue weighted by Gasteiger charge is 2.44. The predicted molar refractivity (Wildman–Crippen MR) is 141 cm³/mol. The quantitative estimate of drug-likeness (QED) is 0.357. The molecule has 5 rings (SSSR count). The summed E-state index contributed by atoms with van der Waals surface area (Å²) >= 11 is 0. The minimum Gasteiger partial charge on any atom is -1.00 e. The van der Waals surface area contributed by atoms with Crippen molar-refractivity contribution in [3.8, 4) is 11.5 Å². The lowest BCUT2D eigenvalue weighted by Crippen LogP contribution is -3.00. The zero-order valence-electron chi connectivity index (χ0n) is 19.2. The lowest BCUT2D eigenvalue weighted by Gasteiger charge is -2.27. The first-order valence-electron chi connectivity index (χ1n) is 11.4. The van der Waals surface area contributed by atoms with Crippen LogP contribution < -0.4 is 42.4 Å². The van der Waals surface area contributed by atoms with Crippen molar-refractivity contribution in [2.45, 2.75) is 6.92 Å². The molecule has 1 heterocycles. The van der Waals surface area contributed by atoms with Gasteiger partial charge in [-0.05, 0) is 72.7 Å². The molecule has 0 aliphatic carbocycles. The first-order valence-corrected chi connectivity index (χ1v) is 13.4. The number of allylic oxidation sites excluding steroid dienone is 2. The molecule has 0 amide bonds. The Kier molecular flexibility index (Phi) is 7.88. The van der Waals surface area contributed by atoms with E-state index in [1.54, 1.807) is 0 Å². The van der Waals surface area contributed by atoms with Crippen molar-refractivity contribution in [2.75, 3.05) is 19.4 Å². The highest BCUT2D eigenvalue weighted by atomic mass is 79.9. The van der Waals surface area contributed by atoms with E-state index in [9.17, 15) is 0 Å². The van der Waals surface area contributed by atoms with Gasteiger partial charge in [-0.2, -0.15) is 0 Å². The van der Waals surface area contributed by atoms with Crippen molar-refractivity contribution in [3.05, 3.63) is 121 Å². The zero-order valence-corrected chi connectivity index (χ0v) is 21.7. The molecule has 0 aromatic heterocycles. The van der Waals surface area contributed by atoms with Crippen molar-refractivity contribution < 1.29 is 26.5 Å². The Bertz CT molecular complexity index is 1140. The lowest BCUT2D eigenvalue weighted by molar-refractivity contribution is -0.00000701. The minimum absolute atomic E-state index is 0. The zero-order chi connectivity index (χ0) is 22.5. The van der Waals surface area contributed by atoms with Gasteiger partial charge in [-0.1, -0.05) is 60.7 Å². The highest BCUT2D eigenvalue weighted by Crippen LogP contribution is 2.55. The molecule has 0 saturated heterocycles. The van der Waals surface area contributed by atoms with Crippen LogP contribution >= 0.6 is 7.26 Å². The van der Waals surface area contributed by atoms with E-state index in [4.69, 9.17) is 9.47 Å². The number of benzene rings is 4. The summed E-state index contributed by atoms with van der Waals surface area (Å²) in [5.74, 6) is 1.67. The normalized spacial score (nSPS) is 13.1. The van der Waals surface area contributed by atoms with Crippen LogP contribution in [0.5, 0.6) is 11.5 Å². The third-order valence-corrected chi connectivity index (χ3v) is 10.5. The molecule has 0 saturated carbocycles. The van der Waals surface area contributed by atoms with Gasteiger partial charge in [0, 0.05) is 0 Å². The fraction of sp³-hybridized carbons (Fsp3) is 0.133. The van der Waals surface area contributed by atoms with E-state index in [0.717, 1.165) is 17.7 Å². The SMILES string of the molecule is C/C(=C\C[P+](c1ccccc1)(c1ccccc1)c1ccccc1)c1ccc2c(c1)OCCO2.[Br-]. The maximum Gasteiger partial charge on any atom is 0.161 e. The second-order valence-electron chi connectivity index (χ2n) is 8.24. The van der Waals surface area contributed by atoms with Crippen molar-refractivity contribution in [1.29, 1.82) is 0 Å². The van der Waals surface area contributed by atoms with Crippen molar-refractivity contribution in [1.82, 2.24) is 0 Å². The summed E-state index contributed by atoms with van der Waals surface area (Å²) in [6.07, 6.45) is 3.36. The molecule has 0 fully saturated rings. The van der Waals surface area contributed by atoms with Gasteiger partial charge >= 0.3 is 0 Å². The standard InChI is InChI=1S/C30H28O2P.BrH/c1-24(25-17-18-29-30(23-25)32-21-20-31-29)19-22-33(26-11-5-2-6-12-26,27-13-7-3-8-14-27)28-15-9-4-10-16-28;/h2-19,23H,20-22H2,1H3;1H/q+1;/p-1/b24-19+;. The molecule has 0 unspecified atom stereocenters. The minimum atomic E-state index is -1.88. The van der Waals surface area contributed by atoms with Crippen LogP contribution in [-0.4, -0.2) is 19.4 Å². The topological polar surface area (TPSA) is 18.5 Å². The molecule has 172 valence electrons. The van der Waals surface area contributed by atoms with Crippen LogP contribution in [0.25, 0.3) is 5.57 Å². The van der Waals surface area contributed by atoms with Crippen LogP contribution in [0.3, 0.4) is 0 Å². The van der Waals surface area contributed by atoms with Gasteiger partial charge in [0.15, 0.2) is 11.5 Å². The first-order chi connectivity index (χ1) is 16.3. The number of hydrogen-bond donors (Lipinski definition) is 0. The summed E-state index contributed by atoms with van der Waals surface area (Å²) in [7, 11) is -1.88. The van der Waals surface area contributed by atoms with Gasteiger partial charge in [0.25, 0.3) is 0 Å². The molecule has 0 N–H and O–H groups in total. The Hall–Kier alpha value is -2.87. The number of rotatable bonds is 6. The maximum absolute atomic E-state index is 5.82. The molecular formula is C30H28BrO2P. The van der Waals surface area contributed by atoms with Crippen molar-refractivity contribution in [3.63, 3.8) is 0 Å². The number of hydrogen-bond acceptors (Lipinski definition) is 2. The Balaban J connectivity index is 0.00000274. The van der Waals surface area contributed by atoms with E-state index in [-0.39, 0.29) is 17.0 Å². The molecule has 2 nitrogen and oxygen atoms in total. The average Bonchev–Trinajstić information content (AvgIpc) is 2.90. The molecule has 1 aliphatic heterocycles. The van der Waals surface area contributed by atoms with Crippen LogP contribution in [0.1, 0.15) is 12.5 Å². The van der Waals surface area contributed by atoms with E-state index in [1.807, 2.05) is 6.07 Å². The third-order valence-electron chi connectivity index (χ3n) is 6.26. The summed E-state index contributed by atoms with van der Waals surface area (Å²) in [4.78, 5) is 0. The lowest BCUT2D eigenvalue weighted by atomic mass is 10.1. The van der Waals surface area contributed by atoms with Crippen LogP contribution in [0.4, 0.5) is 0 Å². The predicted octanol–water partition coefficient (Wildman–Crippen LogP) is 2.86. The van der Waals surface area contributed by atoms with Gasteiger partial charge in [0.05, 0.1) is 6.16 Å². The van der Waals surface area contributed by atoms with Gasteiger partial charge < -0.3 is 26.5 Å². The smallest absolute Gasteiger partial charge is 0.161 e. The fourth-order valence-corrected chi connectivity index (χ4v) is 8.61. The summed E-state index contributed by atoms with van der Waals surface area (Å²) in [5, 5.41) is 4.19. The second-order valence-corrected chi connectivity index (χ2v) is 11.8. The molecular weight excluding hydrogens is 503 g/mol. The van der Waals surface area contributed by atoms with Gasteiger partial charge in [0.1, 0.15) is 36.4 Å². The maximum atomic E-state index is 5.82. The summed E-state index contributed by atoms with van der Waals surface area (Å²) in [6, 6.07) is 39.3. The van der Waals surface area contributed by atoms with Crippen molar-refractivity contribution in [2.24, 2.45) is 0 Å². The van der Waals surface area contributed by atoms with E-state index < -0.39 is 7.26 Å². The Morgan fingerprint density at radius 2 is 1.15 bits per heavy atom. The van der Waals surface area contributed by atoms with E-state index in [1.165, 1.54) is 27.1 Å². The Morgan fingerprint density at radius 1 is 0.676 bits per heavy atom. The van der Waals surface area contributed by atoms with Crippen LogP contribution in [0.15, 0.2) is 115 Å². The van der Waals surface area contributed by atoms with E-state index in [2.05, 4.69) is 116 Å². The van der Waals surface area contributed by atoms with Crippen molar-refractivity contribution >= 4 is 28.7 Å². The molecule has 0 atom stereocenters. The Morgan fingerprint density at radius 3 is 1.65 bits per heavy atom. The summed E-state index contributed by atoms with van der Waals surface area (Å²) < 4.78 is 11.5. The van der Waals surface area contributed by atoms with Gasteiger partial charge in [0.2, 0.25) is 0 Å². The monoisotopic (exact) mass is 530 g/mol. The van der Waals surface area contributed by atoms with E-state index >= 15 is 0 Å². The van der Waals surface area contributed by atoms with Gasteiger partial charge in [-0.25, -0.2) is 0 Å². The highest BCUT2D eigenvalue weighted by molar-refractivity contribution is 7.95. The number of ether oxygens (including phenoxy) is 2.